The van der Waals surface area contributed by atoms with Crippen molar-refractivity contribution >= 4 is 23.3 Å². The fraction of sp³-hybridized carbons (Fsp3) is 0.250. The summed E-state index contributed by atoms with van der Waals surface area (Å²) in [5.41, 5.74) is -0.539. The van der Waals surface area contributed by atoms with E-state index in [0.717, 1.165) is 24.0 Å². The van der Waals surface area contributed by atoms with E-state index in [9.17, 15) is 18.0 Å². The fourth-order valence-corrected chi connectivity index (χ4v) is 2.21. The zero-order chi connectivity index (χ0) is 15.5. The van der Waals surface area contributed by atoms with E-state index < -0.39 is 11.7 Å². The van der Waals surface area contributed by atoms with Gasteiger partial charge in [-0.1, -0.05) is 17.7 Å². The molecule has 0 saturated heterocycles. The van der Waals surface area contributed by atoms with Crippen LogP contribution >= 0.6 is 11.8 Å². The van der Waals surface area contributed by atoms with Crippen LogP contribution in [0.15, 0.2) is 23.5 Å². The lowest BCUT2D eigenvalue weighted by Crippen LogP contribution is -2.25. The number of rotatable bonds is 4. The van der Waals surface area contributed by atoms with Gasteiger partial charge < -0.3 is 5.32 Å². The summed E-state index contributed by atoms with van der Waals surface area (Å²) in [6, 6.07) is 2.15. The molecule has 0 fully saturated rings. The Bertz CT molecular complexity index is 705. The molecule has 110 valence electrons. The average molecular weight is 314 g/mol. The second-order valence-corrected chi connectivity index (χ2v) is 4.84. The molecule has 9 heteroatoms. The molecule has 2 aromatic heterocycles. The first-order valence-corrected chi connectivity index (χ1v) is 6.65. The maximum atomic E-state index is 12.7. The standard InChI is InChI=1S/C12H9F3N4OS/c1-2-5-16-10(20)7-21-11-18-17-9-4-3-8(6-19(9)11)12(13,14)15/h1,3-4,6H,5,7H2,(H,16,20). The van der Waals surface area contributed by atoms with Crippen molar-refractivity contribution in [2.24, 2.45) is 0 Å². The lowest BCUT2D eigenvalue weighted by molar-refractivity contribution is -0.137. The van der Waals surface area contributed by atoms with Gasteiger partial charge in [0, 0.05) is 6.20 Å². The molecule has 2 heterocycles. The Morgan fingerprint density at radius 1 is 1.43 bits per heavy atom. The number of hydrogen-bond donors (Lipinski definition) is 1. The Labute approximate surface area is 121 Å². The third kappa shape index (κ3) is 3.66. The third-order valence-electron chi connectivity index (χ3n) is 2.42. The summed E-state index contributed by atoms with van der Waals surface area (Å²) in [6.45, 7) is 0.0954. The van der Waals surface area contributed by atoms with Crippen molar-refractivity contribution < 1.29 is 18.0 Å². The first-order valence-electron chi connectivity index (χ1n) is 5.67. The van der Waals surface area contributed by atoms with Crippen molar-refractivity contribution in [2.45, 2.75) is 11.3 Å². The Kier molecular flexibility index (Phi) is 4.37. The minimum atomic E-state index is -4.45. The van der Waals surface area contributed by atoms with Crippen LogP contribution in [-0.2, 0) is 11.0 Å². The lowest BCUT2D eigenvalue weighted by atomic mass is 10.3. The molecule has 0 atom stereocenters. The van der Waals surface area contributed by atoms with Gasteiger partial charge in [-0.25, -0.2) is 0 Å². The Morgan fingerprint density at radius 2 is 2.19 bits per heavy atom. The Morgan fingerprint density at radius 3 is 2.86 bits per heavy atom. The van der Waals surface area contributed by atoms with Crippen molar-refractivity contribution in [2.75, 3.05) is 12.3 Å². The Balaban J connectivity index is 2.17. The predicted octanol–water partition coefficient (Wildman–Crippen LogP) is 1.59. The molecule has 0 spiro atoms. The second-order valence-electron chi connectivity index (χ2n) is 3.90. The van der Waals surface area contributed by atoms with Crippen molar-refractivity contribution in [3.8, 4) is 12.3 Å². The van der Waals surface area contributed by atoms with Gasteiger partial charge in [-0.2, -0.15) is 13.2 Å². The van der Waals surface area contributed by atoms with Crippen LogP contribution in [0.5, 0.6) is 0 Å². The number of alkyl halides is 3. The van der Waals surface area contributed by atoms with Crippen LogP contribution in [0.4, 0.5) is 13.2 Å². The number of aromatic nitrogens is 3. The molecule has 0 aliphatic carbocycles. The number of thioether (sulfide) groups is 1. The third-order valence-corrected chi connectivity index (χ3v) is 3.36. The van der Waals surface area contributed by atoms with Gasteiger partial charge in [0.1, 0.15) is 0 Å². The number of amides is 1. The summed E-state index contributed by atoms with van der Waals surface area (Å²) < 4.78 is 39.2. The quantitative estimate of drug-likeness (QED) is 0.688. The van der Waals surface area contributed by atoms with E-state index in [1.54, 1.807) is 0 Å². The topological polar surface area (TPSA) is 59.3 Å². The molecule has 0 saturated carbocycles. The molecular weight excluding hydrogens is 305 g/mol. The van der Waals surface area contributed by atoms with Gasteiger partial charge in [0.2, 0.25) is 5.91 Å². The minimum Gasteiger partial charge on any atom is -0.344 e. The molecule has 0 bridgehead atoms. The minimum absolute atomic E-state index is 0.0152. The van der Waals surface area contributed by atoms with Crippen molar-refractivity contribution in [3.05, 3.63) is 23.9 Å². The first-order chi connectivity index (χ1) is 9.91. The highest BCUT2D eigenvalue weighted by Gasteiger charge is 2.31. The average Bonchev–Trinajstić information content (AvgIpc) is 2.84. The van der Waals surface area contributed by atoms with Gasteiger partial charge in [0.15, 0.2) is 10.8 Å². The number of carbonyl (C=O) groups is 1. The number of fused-ring (bicyclic) bond motifs is 1. The number of pyridine rings is 1. The number of halogens is 3. The monoisotopic (exact) mass is 314 g/mol. The van der Waals surface area contributed by atoms with Crippen LogP contribution in [-0.4, -0.2) is 32.8 Å². The number of nitrogens with zero attached hydrogens (tertiary/aromatic N) is 3. The van der Waals surface area contributed by atoms with Crippen LogP contribution < -0.4 is 5.32 Å². The van der Waals surface area contributed by atoms with Crippen molar-refractivity contribution in [1.82, 2.24) is 19.9 Å². The number of terminal acetylenes is 1. The van der Waals surface area contributed by atoms with E-state index in [1.807, 2.05) is 0 Å². The SMILES string of the molecule is C#CCNC(=O)CSc1nnc2ccc(C(F)(F)F)cn12. The predicted molar refractivity (Wildman–Crippen MR) is 70.6 cm³/mol. The summed E-state index contributed by atoms with van der Waals surface area (Å²) in [7, 11) is 0. The highest BCUT2D eigenvalue weighted by Crippen LogP contribution is 2.30. The van der Waals surface area contributed by atoms with Crippen molar-refractivity contribution in [3.63, 3.8) is 0 Å². The second kappa shape index (κ2) is 6.05. The first kappa shape index (κ1) is 15.2. The van der Waals surface area contributed by atoms with Crippen molar-refractivity contribution in [1.29, 1.82) is 0 Å². The molecule has 0 unspecified atom stereocenters. The molecular formula is C12H9F3N4OS. The molecule has 0 aromatic carbocycles. The molecule has 21 heavy (non-hydrogen) atoms. The maximum Gasteiger partial charge on any atom is 0.417 e. The number of hydrogen-bond acceptors (Lipinski definition) is 4. The Hall–Kier alpha value is -2.21. The molecule has 1 N–H and O–H groups in total. The zero-order valence-corrected chi connectivity index (χ0v) is 11.3. The molecule has 5 nitrogen and oxygen atoms in total. The highest BCUT2D eigenvalue weighted by atomic mass is 32.2. The van der Waals surface area contributed by atoms with Gasteiger partial charge >= 0.3 is 6.18 Å². The largest absolute Gasteiger partial charge is 0.417 e. The van der Waals surface area contributed by atoms with E-state index >= 15 is 0 Å². The summed E-state index contributed by atoms with van der Waals surface area (Å²) in [5, 5.41) is 10.1. The van der Waals surface area contributed by atoms with Crippen LogP contribution in [0.1, 0.15) is 5.56 Å². The van der Waals surface area contributed by atoms with Gasteiger partial charge in [-0.15, -0.1) is 16.6 Å². The van der Waals surface area contributed by atoms with E-state index in [1.165, 1.54) is 10.5 Å². The van der Waals surface area contributed by atoms with Gasteiger partial charge in [-0.3, -0.25) is 9.20 Å². The number of carbonyl (C=O) groups excluding carboxylic acids is 1. The molecule has 0 radical (unpaired) electrons. The summed E-state index contributed by atoms with van der Waals surface area (Å²) in [4.78, 5) is 11.4. The zero-order valence-electron chi connectivity index (χ0n) is 10.5. The van der Waals surface area contributed by atoms with Crippen LogP contribution in [0.2, 0.25) is 0 Å². The number of nitrogens with one attached hydrogen (secondary N) is 1. The lowest BCUT2D eigenvalue weighted by Gasteiger charge is -2.07. The summed E-state index contributed by atoms with van der Waals surface area (Å²) >= 11 is 0.976. The summed E-state index contributed by atoms with van der Waals surface area (Å²) in [6.07, 6.45) is 1.44. The highest BCUT2D eigenvalue weighted by molar-refractivity contribution is 7.99. The molecule has 2 rings (SSSR count). The molecule has 1 amide bonds. The van der Waals surface area contributed by atoms with Crippen LogP contribution in [0, 0.1) is 12.3 Å². The van der Waals surface area contributed by atoms with Crippen LogP contribution in [0.3, 0.4) is 0 Å². The van der Waals surface area contributed by atoms with Gasteiger partial charge in [0.25, 0.3) is 0 Å². The van der Waals surface area contributed by atoms with E-state index in [0.29, 0.717) is 0 Å². The smallest absolute Gasteiger partial charge is 0.344 e. The maximum absolute atomic E-state index is 12.7. The molecule has 0 aliphatic rings. The van der Waals surface area contributed by atoms with Crippen LogP contribution in [0.25, 0.3) is 5.65 Å². The normalized spacial score (nSPS) is 11.3. The fourth-order valence-electron chi connectivity index (χ4n) is 1.47. The van der Waals surface area contributed by atoms with E-state index in [4.69, 9.17) is 6.42 Å². The molecule has 2 aromatic rings. The van der Waals surface area contributed by atoms with E-state index in [-0.39, 0.29) is 29.0 Å². The molecule has 0 aliphatic heterocycles. The summed E-state index contributed by atoms with van der Waals surface area (Å²) in [5.74, 6) is 1.90. The van der Waals surface area contributed by atoms with E-state index in [2.05, 4.69) is 21.4 Å². The van der Waals surface area contributed by atoms with Gasteiger partial charge in [-0.05, 0) is 12.1 Å². The van der Waals surface area contributed by atoms with Gasteiger partial charge in [0.05, 0.1) is 17.9 Å².